The maximum absolute atomic E-state index is 14.7. The maximum atomic E-state index is 14.7. The molecule has 0 unspecified atom stereocenters. The molecule has 0 saturated heterocycles. The van der Waals surface area contributed by atoms with Gasteiger partial charge >= 0.3 is 0 Å². The molecule has 0 spiro atoms. The number of sulfonamides is 1. The Kier molecular flexibility index (Phi) is 12.2. The van der Waals surface area contributed by atoms with E-state index in [-0.39, 0.29) is 39.2 Å². The van der Waals surface area contributed by atoms with E-state index in [1.165, 1.54) is 82.9 Å². The molecule has 0 saturated carbocycles. The van der Waals surface area contributed by atoms with Gasteiger partial charge in [-0.25, -0.2) is 12.8 Å². The van der Waals surface area contributed by atoms with Crippen molar-refractivity contribution in [2.75, 3.05) is 38.7 Å². The quantitative estimate of drug-likeness (QED) is 0.230. The van der Waals surface area contributed by atoms with E-state index in [1.807, 2.05) is 6.92 Å². The molecule has 238 valence electrons. The monoisotopic (exact) mass is 649 g/mol. The van der Waals surface area contributed by atoms with E-state index >= 15 is 0 Å². The molecule has 3 rings (SSSR count). The van der Waals surface area contributed by atoms with Gasteiger partial charge in [-0.2, -0.15) is 0 Å². The van der Waals surface area contributed by atoms with Crippen molar-refractivity contribution in [1.82, 2.24) is 10.2 Å². The SMILES string of the molecule is CCCCNC(=O)[C@H](C)N(Cc1ccccc1F)C(=O)CN(c1cc(Cl)ccc1OC)S(=O)(=O)c1ccc(OC)c(OC)c1. The zero-order valence-electron chi connectivity index (χ0n) is 25.3. The molecule has 0 aromatic heterocycles. The molecule has 3 aromatic rings. The minimum atomic E-state index is -4.50. The average Bonchev–Trinajstić information content (AvgIpc) is 3.02. The summed E-state index contributed by atoms with van der Waals surface area (Å²) >= 11 is 6.27. The lowest BCUT2D eigenvalue weighted by molar-refractivity contribution is -0.139. The number of nitrogens with one attached hydrogen (secondary N) is 1. The van der Waals surface area contributed by atoms with E-state index in [1.54, 1.807) is 6.07 Å². The van der Waals surface area contributed by atoms with Crippen molar-refractivity contribution in [1.29, 1.82) is 0 Å². The number of rotatable bonds is 15. The van der Waals surface area contributed by atoms with Crippen LogP contribution < -0.4 is 23.8 Å². The first kappa shape index (κ1) is 34.5. The van der Waals surface area contributed by atoms with Gasteiger partial charge in [0.15, 0.2) is 11.5 Å². The molecular weight excluding hydrogens is 613 g/mol. The Hall–Kier alpha value is -4.03. The molecule has 10 nitrogen and oxygen atoms in total. The summed E-state index contributed by atoms with van der Waals surface area (Å²) in [6.07, 6.45) is 1.57. The van der Waals surface area contributed by atoms with Crippen LogP contribution in [0.1, 0.15) is 32.3 Å². The topological polar surface area (TPSA) is 114 Å². The molecule has 0 aliphatic heterocycles. The number of carbonyl (C=O) groups is 2. The number of methoxy groups -OCH3 is 3. The predicted molar refractivity (Wildman–Crippen MR) is 166 cm³/mol. The first-order valence-corrected chi connectivity index (χ1v) is 15.7. The summed E-state index contributed by atoms with van der Waals surface area (Å²) < 4.78 is 60.1. The number of carbonyl (C=O) groups excluding carboxylic acids is 2. The van der Waals surface area contributed by atoms with Crippen LogP contribution in [0.25, 0.3) is 0 Å². The summed E-state index contributed by atoms with van der Waals surface area (Å²) in [4.78, 5) is 28.1. The Morgan fingerprint density at radius 1 is 0.955 bits per heavy atom. The molecule has 0 aliphatic carbocycles. The van der Waals surface area contributed by atoms with Crippen LogP contribution in [0.3, 0.4) is 0 Å². The molecule has 1 N–H and O–H groups in total. The lowest BCUT2D eigenvalue weighted by Crippen LogP contribution is -2.51. The van der Waals surface area contributed by atoms with Gasteiger partial charge < -0.3 is 24.4 Å². The fourth-order valence-electron chi connectivity index (χ4n) is 4.40. The number of benzene rings is 3. The molecule has 0 fully saturated rings. The van der Waals surface area contributed by atoms with Crippen molar-refractivity contribution >= 4 is 39.1 Å². The highest BCUT2D eigenvalue weighted by molar-refractivity contribution is 7.92. The Bertz CT molecular complexity index is 1570. The Morgan fingerprint density at radius 2 is 1.61 bits per heavy atom. The van der Waals surface area contributed by atoms with Crippen LogP contribution >= 0.6 is 11.6 Å². The lowest BCUT2D eigenvalue weighted by Gasteiger charge is -2.32. The highest BCUT2D eigenvalue weighted by atomic mass is 35.5. The summed E-state index contributed by atoms with van der Waals surface area (Å²) in [7, 11) is -0.369. The van der Waals surface area contributed by atoms with Gasteiger partial charge in [0.2, 0.25) is 11.8 Å². The van der Waals surface area contributed by atoms with Crippen LogP contribution in [0, 0.1) is 5.82 Å². The van der Waals surface area contributed by atoms with Gasteiger partial charge in [0, 0.05) is 29.7 Å². The number of halogens is 2. The molecule has 13 heteroatoms. The smallest absolute Gasteiger partial charge is 0.265 e. The van der Waals surface area contributed by atoms with E-state index in [0.29, 0.717) is 12.3 Å². The summed E-state index contributed by atoms with van der Waals surface area (Å²) in [5.41, 5.74) is 0.137. The van der Waals surface area contributed by atoms with Crippen molar-refractivity contribution in [2.24, 2.45) is 0 Å². The van der Waals surface area contributed by atoms with E-state index in [9.17, 15) is 22.4 Å². The second-order valence-electron chi connectivity index (χ2n) is 9.78. The van der Waals surface area contributed by atoms with Crippen LogP contribution in [0.5, 0.6) is 17.2 Å². The Morgan fingerprint density at radius 3 is 2.25 bits per heavy atom. The van der Waals surface area contributed by atoms with Crippen LogP contribution in [-0.2, 0) is 26.2 Å². The summed E-state index contributed by atoms with van der Waals surface area (Å²) in [6.45, 7) is 2.81. The molecular formula is C31H37ClFN3O7S. The highest BCUT2D eigenvalue weighted by Crippen LogP contribution is 2.37. The molecule has 1 atom stereocenters. The number of ether oxygens (including phenoxy) is 3. The van der Waals surface area contributed by atoms with Gasteiger partial charge in [0.1, 0.15) is 24.2 Å². The predicted octanol–water partition coefficient (Wildman–Crippen LogP) is 5.03. The summed E-state index contributed by atoms with van der Waals surface area (Å²) in [5, 5.41) is 2.98. The third-order valence-electron chi connectivity index (χ3n) is 6.93. The number of anilines is 1. The highest BCUT2D eigenvalue weighted by Gasteiger charge is 2.34. The standard InChI is InChI=1S/C31H37ClFN3O7S/c1-6-7-16-34-31(38)21(2)35(19-22-10-8-9-11-25(22)33)30(37)20-36(26-17-23(32)12-14-27(26)41-3)44(39,40)24-13-15-28(42-4)29(18-24)43-5/h8-15,17-18,21H,6-7,16,19-20H2,1-5H3,(H,34,38)/t21-/m0/s1. The van der Waals surface area contributed by atoms with Gasteiger partial charge in [-0.15, -0.1) is 0 Å². The number of hydrogen-bond donors (Lipinski definition) is 1. The third-order valence-corrected chi connectivity index (χ3v) is 8.92. The van der Waals surface area contributed by atoms with Gasteiger partial charge in [0.25, 0.3) is 10.0 Å². The third kappa shape index (κ3) is 8.11. The van der Waals surface area contributed by atoms with Crippen LogP contribution in [0.15, 0.2) is 65.6 Å². The molecule has 0 bridgehead atoms. The van der Waals surface area contributed by atoms with Crippen molar-refractivity contribution in [3.63, 3.8) is 0 Å². The average molecular weight is 650 g/mol. The van der Waals surface area contributed by atoms with E-state index in [2.05, 4.69) is 5.32 Å². The molecule has 0 aliphatic rings. The fourth-order valence-corrected chi connectivity index (χ4v) is 6.00. The molecule has 44 heavy (non-hydrogen) atoms. The van der Waals surface area contributed by atoms with Crippen molar-refractivity contribution in [2.45, 2.75) is 44.2 Å². The Labute approximate surface area is 262 Å². The lowest BCUT2D eigenvalue weighted by atomic mass is 10.1. The van der Waals surface area contributed by atoms with Gasteiger partial charge in [-0.1, -0.05) is 43.1 Å². The molecule has 0 heterocycles. The van der Waals surface area contributed by atoms with E-state index in [4.69, 9.17) is 25.8 Å². The van der Waals surface area contributed by atoms with Crippen LogP contribution in [-0.4, -0.2) is 65.6 Å². The fraction of sp³-hybridized carbons (Fsp3) is 0.355. The summed E-state index contributed by atoms with van der Waals surface area (Å²) in [5.74, 6) is -1.23. The van der Waals surface area contributed by atoms with E-state index in [0.717, 1.165) is 22.0 Å². The first-order valence-electron chi connectivity index (χ1n) is 13.9. The van der Waals surface area contributed by atoms with Crippen LogP contribution in [0.4, 0.5) is 10.1 Å². The molecule has 2 amide bonds. The number of nitrogens with zero attached hydrogens (tertiary/aromatic N) is 2. The number of unbranched alkanes of at least 4 members (excludes halogenated alkanes) is 1. The zero-order valence-corrected chi connectivity index (χ0v) is 26.9. The largest absolute Gasteiger partial charge is 0.495 e. The summed E-state index contributed by atoms with van der Waals surface area (Å²) in [6, 6.07) is 13.1. The minimum Gasteiger partial charge on any atom is -0.495 e. The molecule has 0 radical (unpaired) electrons. The normalized spacial score (nSPS) is 11.8. The maximum Gasteiger partial charge on any atom is 0.265 e. The second-order valence-corrected chi connectivity index (χ2v) is 12.1. The number of hydrogen-bond acceptors (Lipinski definition) is 7. The van der Waals surface area contributed by atoms with Gasteiger partial charge in [-0.3, -0.25) is 13.9 Å². The molecule has 3 aromatic carbocycles. The van der Waals surface area contributed by atoms with Crippen molar-refractivity contribution in [3.05, 3.63) is 77.1 Å². The van der Waals surface area contributed by atoms with Crippen molar-refractivity contribution in [3.8, 4) is 17.2 Å². The van der Waals surface area contributed by atoms with Gasteiger partial charge in [-0.05, 0) is 49.7 Å². The Balaban J connectivity index is 2.13. The van der Waals surface area contributed by atoms with Crippen LogP contribution in [0.2, 0.25) is 5.02 Å². The van der Waals surface area contributed by atoms with Gasteiger partial charge in [0.05, 0.1) is 31.9 Å². The second kappa shape index (κ2) is 15.6. The zero-order chi connectivity index (χ0) is 32.4. The first-order chi connectivity index (χ1) is 21.0. The van der Waals surface area contributed by atoms with E-state index < -0.39 is 40.2 Å². The number of amides is 2. The van der Waals surface area contributed by atoms with Crippen molar-refractivity contribution < 1.29 is 36.6 Å². The minimum absolute atomic E-state index is 0.0194.